The van der Waals surface area contributed by atoms with E-state index in [1.165, 1.54) is 0 Å². The van der Waals surface area contributed by atoms with Crippen molar-refractivity contribution in [2.45, 2.75) is 6.42 Å². The number of anilines is 1. The van der Waals surface area contributed by atoms with Crippen molar-refractivity contribution in [1.82, 2.24) is 15.0 Å². The average molecular weight is 304 g/mol. The van der Waals surface area contributed by atoms with Crippen molar-refractivity contribution in [3.8, 4) is 0 Å². The Bertz CT molecular complexity index is 577. The molecule has 1 heterocycles. The molecule has 0 atom stereocenters. The molecule has 1 amide bonds. The van der Waals surface area contributed by atoms with Crippen LogP contribution in [0.25, 0.3) is 0 Å². The summed E-state index contributed by atoms with van der Waals surface area (Å²) in [5, 5.41) is 5.26. The van der Waals surface area contributed by atoms with Gasteiger partial charge in [-0.1, -0.05) is 0 Å². The summed E-state index contributed by atoms with van der Waals surface area (Å²) in [4.78, 5) is 15.6. The van der Waals surface area contributed by atoms with Gasteiger partial charge in [0.15, 0.2) is 0 Å². The standard InChI is InChI=1S/C11H17FN4O3S/c1-13-10-9(6-8(12)7-15-10)11(17)14-4-3-5-16-20(2,18)19/h6-7,16H,3-5H2,1-2H3,(H,13,15)(H,14,17). The zero-order chi connectivity index (χ0) is 15.2. The fourth-order valence-corrected chi connectivity index (χ4v) is 1.97. The molecule has 0 fully saturated rings. The summed E-state index contributed by atoms with van der Waals surface area (Å²) in [7, 11) is -1.65. The van der Waals surface area contributed by atoms with Crippen molar-refractivity contribution in [2.75, 3.05) is 31.7 Å². The Hall–Kier alpha value is -1.74. The maximum Gasteiger partial charge on any atom is 0.255 e. The predicted molar refractivity (Wildman–Crippen MR) is 73.5 cm³/mol. The molecule has 112 valence electrons. The van der Waals surface area contributed by atoms with Crippen LogP contribution in [-0.4, -0.2) is 45.7 Å². The molecule has 0 spiro atoms. The van der Waals surface area contributed by atoms with Crippen LogP contribution in [0.4, 0.5) is 10.2 Å². The minimum absolute atomic E-state index is 0.101. The van der Waals surface area contributed by atoms with Gasteiger partial charge in [-0.25, -0.2) is 22.5 Å². The highest BCUT2D eigenvalue weighted by Gasteiger charge is 2.12. The molecule has 1 aromatic rings. The minimum Gasteiger partial charge on any atom is -0.372 e. The van der Waals surface area contributed by atoms with Gasteiger partial charge in [0.2, 0.25) is 10.0 Å². The van der Waals surface area contributed by atoms with Crippen molar-refractivity contribution in [3.05, 3.63) is 23.6 Å². The number of carbonyl (C=O) groups is 1. The van der Waals surface area contributed by atoms with Gasteiger partial charge in [-0.3, -0.25) is 4.79 Å². The molecule has 0 bridgehead atoms. The number of hydrogen-bond acceptors (Lipinski definition) is 5. The van der Waals surface area contributed by atoms with E-state index in [1.807, 2.05) is 0 Å². The maximum atomic E-state index is 13.1. The fraction of sp³-hybridized carbons (Fsp3) is 0.455. The molecule has 0 saturated carbocycles. The second kappa shape index (κ2) is 7.15. The van der Waals surface area contributed by atoms with Crippen LogP contribution in [0.2, 0.25) is 0 Å². The van der Waals surface area contributed by atoms with E-state index in [2.05, 4.69) is 20.3 Å². The number of halogens is 1. The Morgan fingerprint density at radius 2 is 2.10 bits per heavy atom. The van der Waals surface area contributed by atoms with Gasteiger partial charge in [-0.15, -0.1) is 0 Å². The number of carbonyl (C=O) groups excluding carboxylic acids is 1. The van der Waals surface area contributed by atoms with E-state index in [4.69, 9.17) is 0 Å². The minimum atomic E-state index is -3.23. The molecular formula is C11H17FN4O3S. The lowest BCUT2D eigenvalue weighted by Gasteiger charge is -2.09. The zero-order valence-electron chi connectivity index (χ0n) is 11.2. The maximum absolute atomic E-state index is 13.1. The second-order valence-electron chi connectivity index (χ2n) is 4.08. The molecule has 0 radical (unpaired) electrons. The summed E-state index contributed by atoms with van der Waals surface area (Å²) in [5.41, 5.74) is 0.101. The number of rotatable bonds is 7. The summed E-state index contributed by atoms with van der Waals surface area (Å²) < 4.78 is 37.0. The number of sulfonamides is 1. The first-order chi connectivity index (χ1) is 9.33. The summed E-state index contributed by atoms with van der Waals surface area (Å²) in [5.74, 6) is -0.799. The van der Waals surface area contributed by atoms with E-state index in [0.717, 1.165) is 18.5 Å². The lowest BCUT2D eigenvalue weighted by atomic mass is 10.2. The number of hydrogen-bond donors (Lipinski definition) is 3. The van der Waals surface area contributed by atoms with Gasteiger partial charge in [-0.2, -0.15) is 0 Å². The molecule has 0 aliphatic carbocycles. The number of pyridine rings is 1. The first kappa shape index (κ1) is 16.3. The average Bonchev–Trinajstić information content (AvgIpc) is 2.36. The van der Waals surface area contributed by atoms with E-state index in [-0.39, 0.29) is 24.5 Å². The van der Waals surface area contributed by atoms with Crippen LogP contribution in [0.3, 0.4) is 0 Å². The predicted octanol–water partition coefficient (Wildman–Crippen LogP) is -0.0685. The quantitative estimate of drug-likeness (QED) is 0.612. The third-order valence-electron chi connectivity index (χ3n) is 2.34. The van der Waals surface area contributed by atoms with Gasteiger partial charge in [0, 0.05) is 20.1 Å². The SMILES string of the molecule is CNc1ncc(F)cc1C(=O)NCCCNS(C)(=O)=O. The molecule has 0 unspecified atom stereocenters. The second-order valence-corrected chi connectivity index (χ2v) is 5.91. The topological polar surface area (TPSA) is 100 Å². The third-order valence-corrected chi connectivity index (χ3v) is 3.07. The number of amides is 1. The van der Waals surface area contributed by atoms with E-state index >= 15 is 0 Å². The third kappa shape index (κ3) is 5.49. The highest BCUT2D eigenvalue weighted by Crippen LogP contribution is 2.12. The van der Waals surface area contributed by atoms with Crippen LogP contribution < -0.4 is 15.4 Å². The summed E-state index contributed by atoms with van der Waals surface area (Å²) >= 11 is 0. The fourth-order valence-electron chi connectivity index (χ4n) is 1.45. The van der Waals surface area contributed by atoms with Crippen LogP contribution in [0.15, 0.2) is 12.3 Å². The molecule has 0 aromatic carbocycles. The van der Waals surface area contributed by atoms with E-state index in [9.17, 15) is 17.6 Å². The van der Waals surface area contributed by atoms with Crippen molar-refractivity contribution in [3.63, 3.8) is 0 Å². The molecule has 1 rings (SSSR count). The molecular weight excluding hydrogens is 287 g/mol. The summed E-state index contributed by atoms with van der Waals surface area (Å²) in [6, 6.07) is 1.09. The van der Waals surface area contributed by atoms with E-state index in [1.54, 1.807) is 7.05 Å². The summed E-state index contributed by atoms with van der Waals surface area (Å²) in [6.45, 7) is 0.487. The molecule has 20 heavy (non-hydrogen) atoms. The van der Waals surface area contributed by atoms with Crippen LogP contribution in [0, 0.1) is 5.82 Å². The van der Waals surface area contributed by atoms with Gasteiger partial charge in [-0.05, 0) is 12.5 Å². The highest BCUT2D eigenvalue weighted by molar-refractivity contribution is 7.88. The molecule has 0 saturated heterocycles. The molecule has 9 heteroatoms. The van der Waals surface area contributed by atoms with Crippen molar-refractivity contribution < 1.29 is 17.6 Å². The Labute approximate surface area is 117 Å². The van der Waals surface area contributed by atoms with Crippen LogP contribution in [0.5, 0.6) is 0 Å². The van der Waals surface area contributed by atoms with Crippen molar-refractivity contribution in [2.24, 2.45) is 0 Å². The molecule has 3 N–H and O–H groups in total. The smallest absolute Gasteiger partial charge is 0.255 e. The van der Waals surface area contributed by atoms with Gasteiger partial charge in [0.25, 0.3) is 5.91 Å². The Morgan fingerprint density at radius 1 is 1.40 bits per heavy atom. The van der Waals surface area contributed by atoms with Gasteiger partial charge in [0.05, 0.1) is 18.0 Å². The van der Waals surface area contributed by atoms with Gasteiger partial charge < -0.3 is 10.6 Å². The molecule has 1 aromatic heterocycles. The lowest BCUT2D eigenvalue weighted by molar-refractivity contribution is 0.0953. The van der Waals surface area contributed by atoms with E-state index in [0.29, 0.717) is 6.42 Å². The normalized spacial score (nSPS) is 11.2. The van der Waals surface area contributed by atoms with E-state index < -0.39 is 21.7 Å². The van der Waals surface area contributed by atoms with Crippen LogP contribution in [-0.2, 0) is 10.0 Å². The van der Waals surface area contributed by atoms with Crippen molar-refractivity contribution in [1.29, 1.82) is 0 Å². The van der Waals surface area contributed by atoms with Gasteiger partial charge >= 0.3 is 0 Å². The Balaban J connectivity index is 2.49. The first-order valence-corrected chi connectivity index (χ1v) is 7.79. The van der Waals surface area contributed by atoms with Crippen molar-refractivity contribution >= 4 is 21.7 Å². The van der Waals surface area contributed by atoms with Crippen LogP contribution in [0.1, 0.15) is 16.8 Å². The Morgan fingerprint density at radius 3 is 2.70 bits per heavy atom. The molecule has 7 nitrogen and oxygen atoms in total. The lowest BCUT2D eigenvalue weighted by Crippen LogP contribution is -2.29. The monoisotopic (exact) mass is 304 g/mol. The zero-order valence-corrected chi connectivity index (χ0v) is 12.1. The summed E-state index contributed by atoms with van der Waals surface area (Å²) in [6.07, 6.45) is 2.50. The van der Waals surface area contributed by atoms with Gasteiger partial charge in [0.1, 0.15) is 11.6 Å². The number of nitrogens with zero attached hydrogens (tertiary/aromatic N) is 1. The highest BCUT2D eigenvalue weighted by atomic mass is 32.2. The molecule has 0 aliphatic rings. The number of nitrogens with one attached hydrogen (secondary N) is 3. The largest absolute Gasteiger partial charge is 0.372 e. The first-order valence-electron chi connectivity index (χ1n) is 5.89. The van der Waals surface area contributed by atoms with Crippen LogP contribution >= 0.6 is 0 Å². The Kier molecular flexibility index (Phi) is 5.83. The molecule has 0 aliphatic heterocycles. The number of aromatic nitrogens is 1.